The van der Waals surface area contributed by atoms with E-state index in [1.807, 2.05) is 0 Å². The molecule has 1 aliphatic heterocycles. The average molecular weight is 298 g/mol. The van der Waals surface area contributed by atoms with Crippen LogP contribution in [-0.4, -0.2) is 50.9 Å². The predicted molar refractivity (Wildman–Crippen MR) is 79.1 cm³/mol. The maximum atomic E-state index is 12.0. The van der Waals surface area contributed by atoms with E-state index in [0.717, 1.165) is 25.3 Å². The third-order valence-corrected chi connectivity index (χ3v) is 5.64. The van der Waals surface area contributed by atoms with Crippen LogP contribution in [-0.2, 0) is 10.0 Å². The highest BCUT2D eigenvalue weighted by molar-refractivity contribution is 7.89. The summed E-state index contributed by atoms with van der Waals surface area (Å²) < 4.78 is 25.1. The molecule has 2 heterocycles. The van der Waals surface area contributed by atoms with Crippen molar-refractivity contribution in [1.29, 1.82) is 0 Å². The Labute approximate surface area is 120 Å². The number of nitrogens with two attached hydrogens (primary N) is 1. The lowest BCUT2D eigenvalue weighted by molar-refractivity contribution is 0.378. The largest absolute Gasteiger partial charge is 0.355 e. The maximum absolute atomic E-state index is 12.0. The van der Waals surface area contributed by atoms with Gasteiger partial charge in [0.15, 0.2) is 0 Å². The maximum Gasteiger partial charge on any atom is 0.244 e. The number of aromatic nitrogens is 1. The molecule has 1 aromatic heterocycles. The second-order valence-electron chi connectivity index (χ2n) is 5.52. The molecule has 6 nitrogen and oxygen atoms in total. The van der Waals surface area contributed by atoms with Gasteiger partial charge in [-0.2, -0.15) is 0 Å². The molecule has 0 aromatic carbocycles. The SMILES string of the molecule is CC1CCN(c2ccc(S(=O)(=O)N(C)C)cn2)CC1N. The van der Waals surface area contributed by atoms with Gasteiger partial charge < -0.3 is 10.6 Å². The first-order valence-electron chi connectivity index (χ1n) is 6.71. The van der Waals surface area contributed by atoms with Crippen LogP contribution in [0.3, 0.4) is 0 Å². The number of rotatable bonds is 3. The highest BCUT2D eigenvalue weighted by Gasteiger charge is 2.24. The zero-order valence-electron chi connectivity index (χ0n) is 12.2. The Morgan fingerprint density at radius 2 is 2.10 bits per heavy atom. The fourth-order valence-corrected chi connectivity index (χ4v) is 3.08. The third kappa shape index (κ3) is 2.94. The molecule has 0 saturated carbocycles. The van der Waals surface area contributed by atoms with Gasteiger partial charge in [-0.3, -0.25) is 0 Å². The van der Waals surface area contributed by atoms with E-state index in [9.17, 15) is 8.42 Å². The molecular weight excluding hydrogens is 276 g/mol. The van der Waals surface area contributed by atoms with Crippen molar-refractivity contribution >= 4 is 15.8 Å². The molecule has 1 saturated heterocycles. The van der Waals surface area contributed by atoms with E-state index in [1.165, 1.54) is 24.6 Å². The number of hydrogen-bond acceptors (Lipinski definition) is 5. The summed E-state index contributed by atoms with van der Waals surface area (Å²) in [6.07, 6.45) is 2.44. The van der Waals surface area contributed by atoms with Crippen LogP contribution < -0.4 is 10.6 Å². The fraction of sp³-hybridized carbons (Fsp3) is 0.615. The van der Waals surface area contributed by atoms with E-state index in [2.05, 4.69) is 16.8 Å². The van der Waals surface area contributed by atoms with Crippen LogP contribution in [0, 0.1) is 5.92 Å². The fourth-order valence-electron chi connectivity index (χ4n) is 2.23. The van der Waals surface area contributed by atoms with Gasteiger partial charge in [0, 0.05) is 39.4 Å². The molecular formula is C13H22N4O2S. The molecule has 0 bridgehead atoms. The molecule has 2 unspecified atom stereocenters. The smallest absolute Gasteiger partial charge is 0.244 e. The van der Waals surface area contributed by atoms with Gasteiger partial charge >= 0.3 is 0 Å². The van der Waals surface area contributed by atoms with Gasteiger partial charge in [-0.25, -0.2) is 17.7 Å². The van der Waals surface area contributed by atoms with Gasteiger partial charge in [0.05, 0.1) is 0 Å². The summed E-state index contributed by atoms with van der Waals surface area (Å²) in [5.74, 6) is 1.30. The molecule has 2 atom stereocenters. The Balaban J connectivity index is 2.17. The van der Waals surface area contributed by atoms with Crippen molar-refractivity contribution in [3.63, 3.8) is 0 Å². The second kappa shape index (κ2) is 5.67. The molecule has 1 aliphatic rings. The molecule has 2 N–H and O–H groups in total. The van der Waals surface area contributed by atoms with E-state index in [1.54, 1.807) is 12.1 Å². The minimum atomic E-state index is -3.42. The van der Waals surface area contributed by atoms with Gasteiger partial charge in [0.1, 0.15) is 10.7 Å². The van der Waals surface area contributed by atoms with E-state index in [0.29, 0.717) is 5.92 Å². The summed E-state index contributed by atoms with van der Waals surface area (Å²) in [6.45, 7) is 3.82. The number of nitrogens with zero attached hydrogens (tertiary/aromatic N) is 3. The van der Waals surface area contributed by atoms with Crippen LogP contribution in [0.15, 0.2) is 23.2 Å². The standard InChI is InChI=1S/C13H22N4O2S/c1-10-6-7-17(9-12(10)14)13-5-4-11(8-15-13)20(18,19)16(2)3/h4-5,8,10,12H,6-7,9,14H2,1-3H3. The van der Waals surface area contributed by atoms with Crippen LogP contribution in [0.25, 0.3) is 0 Å². The van der Waals surface area contributed by atoms with Crippen molar-refractivity contribution in [2.75, 3.05) is 32.1 Å². The van der Waals surface area contributed by atoms with E-state index in [-0.39, 0.29) is 10.9 Å². The summed E-state index contributed by atoms with van der Waals surface area (Å²) >= 11 is 0. The first-order valence-corrected chi connectivity index (χ1v) is 8.15. The Kier molecular flexibility index (Phi) is 4.31. The molecule has 1 fully saturated rings. The third-order valence-electron chi connectivity index (χ3n) is 3.84. The number of piperidine rings is 1. The quantitative estimate of drug-likeness (QED) is 0.879. The van der Waals surface area contributed by atoms with Crippen LogP contribution in [0.2, 0.25) is 0 Å². The highest BCUT2D eigenvalue weighted by Crippen LogP contribution is 2.22. The lowest BCUT2D eigenvalue weighted by Crippen LogP contribution is -2.47. The summed E-state index contributed by atoms with van der Waals surface area (Å²) in [7, 11) is -0.400. The summed E-state index contributed by atoms with van der Waals surface area (Å²) in [4.78, 5) is 6.59. The number of anilines is 1. The van der Waals surface area contributed by atoms with E-state index >= 15 is 0 Å². The summed E-state index contributed by atoms with van der Waals surface area (Å²) in [6, 6.07) is 3.48. The Morgan fingerprint density at radius 1 is 1.40 bits per heavy atom. The van der Waals surface area contributed by atoms with Crippen LogP contribution in [0.1, 0.15) is 13.3 Å². The number of sulfonamides is 1. The van der Waals surface area contributed by atoms with Gasteiger partial charge in [-0.05, 0) is 24.5 Å². The highest BCUT2D eigenvalue weighted by atomic mass is 32.2. The van der Waals surface area contributed by atoms with Crippen LogP contribution in [0.4, 0.5) is 5.82 Å². The minimum absolute atomic E-state index is 0.135. The molecule has 2 rings (SSSR count). The van der Waals surface area contributed by atoms with Crippen molar-refractivity contribution in [3.05, 3.63) is 18.3 Å². The summed E-state index contributed by atoms with van der Waals surface area (Å²) in [5, 5.41) is 0. The Hall–Kier alpha value is -1.18. The zero-order chi connectivity index (χ0) is 14.9. The van der Waals surface area contributed by atoms with E-state index < -0.39 is 10.0 Å². The van der Waals surface area contributed by atoms with Crippen LogP contribution in [0.5, 0.6) is 0 Å². The van der Waals surface area contributed by atoms with Crippen molar-refractivity contribution in [2.45, 2.75) is 24.3 Å². The Bertz CT molecular complexity index is 556. The van der Waals surface area contributed by atoms with Crippen molar-refractivity contribution < 1.29 is 8.42 Å². The van der Waals surface area contributed by atoms with Gasteiger partial charge in [0.2, 0.25) is 10.0 Å². The number of pyridine rings is 1. The normalized spacial score (nSPS) is 24.1. The number of hydrogen-bond donors (Lipinski definition) is 1. The van der Waals surface area contributed by atoms with Gasteiger partial charge in [0.25, 0.3) is 0 Å². The van der Waals surface area contributed by atoms with Crippen LogP contribution >= 0.6 is 0 Å². The van der Waals surface area contributed by atoms with Crippen molar-refractivity contribution in [1.82, 2.24) is 9.29 Å². The topological polar surface area (TPSA) is 79.5 Å². The molecule has 0 aliphatic carbocycles. The van der Waals surface area contributed by atoms with E-state index in [4.69, 9.17) is 5.73 Å². The minimum Gasteiger partial charge on any atom is -0.355 e. The van der Waals surface area contributed by atoms with Crippen molar-refractivity contribution in [3.8, 4) is 0 Å². The molecule has 0 radical (unpaired) electrons. The lowest BCUT2D eigenvalue weighted by atomic mass is 9.94. The Morgan fingerprint density at radius 3 is 2.60 bits per heavy atom. The molecule has 0 amide bonds. The first-order chi connectivity index (χ1) is 9.32. The lowest BCUT2D eigenvalue weighted by Gasteiger charge is -2.35. The molecule has 112 valence electrons. The monoisotopic (exact) mass is 298 g/mol. The predicted octanol–water partition coefficient (Wildman–Crippen LogP) is 0.505. The summed E-state index contributed by atoms with van der Waals surface area (Å²) in [5.41, 5.74) is 6.07. The zero-order valence-corrected chi connectivity index (χ0v) is 13.0. The molecule has 0 spiro atoms. The second-order valence-corrected chi connectivity index (χ2v) is 7.67. The van der Waals surface area contributed by atoms with Crippen molar-refractivity contribution in [2.24, 2.45) is 11.7 Å². The van der Waals surface area contributed by atoms with Gasteiger partial charge in [-0.1, -0.05) is 6.92 Å². The molecule has 20 heavy (non-hydrogen) atoms. The first kappa shape index (κ1) is 15.2. The van der Waals surface area contributed by atoms with Gasteiger partial charge in [-0.15, -0.1) is 0 Å². The molecule has 7 heteroatoms. The average Bonchev–Trinajstić information content (AvgIpc) is 2.42. The molecule has 1 aromatic rings.